The number of hydrazine groups is 1. The predicted octanol–water partition coefficient (Wildman–Crippen LogP) is 3.86. The van der Waals surface area contributed by atoms with E-state index >= 15 is 0 Å². The number of nitrogens with one attached hydrogen (secondary N) is 1. The largest absolute Gasteiger partial charge is 0.271 e. The van der Waals surface area contributed by atoms with E-state index < -0.39 is 0 Å². The molecule has 3 N–H and O–H groups in total. The first-order chi connectivity index (χ1) is 8.19. The fraction of sp³-hybridized carbons (Fsp3) is 0.167. The van der Waals surface area contributed by atoms with Crippen molar-refractivity contribution in [2.45, 2.75) is 12.5 Å². The third kappa shape index (κ3) is 3.75. The predicted molar refractivity (Wildman–Crippen MR) is 84.9 cm³/mol. The highest BCUT2D eigenvalue weighted by Crippen LogP contribution is 2.25. The van der Waals surface area contributed by atoms with Crippen molar-refractivity contribution in [3.05, 3.63) is 54.2 Å². The molecule has 0 aliphatic heterocycles. The van der Waals surface area contributed by atoms with Crippen molar-refractivity contribution in [2.24, 2.45) is 5.84 Å². The van der Waals surface area contributed by atoms with Gasteiger partial charge in [0.15, 0.2) is 0 Å². The Balaban J connectivity index is 2.13. The fourth-order valence-corrected chi connectivity index (χ4v) is 3.49. The normalized spacial score (nSPS) is 12.6. The van der Waals surface area contributed by atoms with Gasteiger partial charge in [-0.2, -0.15) is 0 Å². The minimum absolute atomic E-state index is 0.164. The molecule has 0 bridgehead atoms. The molecule has 0 radical (unpaired) electrons. The molecule has 2 rings (SSSR count). The van der Waals surface area contributed by atoms with Gasteiger partial charge >= 0.3 is 0 Å². The lowest BCUT2D eigenvalue weighted by Crippen LogP contribution is -2.29. The minimum atomic E-state index is 0.164. The molecular formula is C12H12BrIN2S. The minimum Gasteiger partial charge on any atom is -0.271 e. The van der Waals surface area contributed by atoms with E-state index in [1.54, 1.807) is 11.3 Å². The standard InChI is InChI=1S/C12H12BrIN2S/c13-9-5-11(17-7-9)6-12(16-15)8-1-3-10(14)4-2-8/h1-5,7,12,16H,6,15H2. The maximum absolute atomic E-state index is 5.64. The van der Waals surface area contributed by atoms with E-state index in [-0.39, 0.29) is 6.04 Å². The summed E-state index contributed by atoms with van der Waals surface area (Å²) in [5, 5.41) is 2.09. The molecule has 5 heteroatoms. The van der Waals surface area contributed by atoms with Crippen molar-refractivity contribution < 1.29 is 0 Å². The lowest BCUT2D eigenvalue weighted by atomic mass is 10.0. The fourth-order valence-electron chi connectivity index (χ4n) is 1.63. The summed E-state index contributed by atoms with van der Waals surface area (Å²) in [5.74, 6) is 5.64. The van der Waals surface area contributed by atoms with Crippen LogP contribution in [0.15, 0.2) is 40.2 Å². The third-order valence-electron chi connectivity index (χ3n) is 2.50. The Kier molecular flexibility index (Phi) is 4.98. The Morgan fingerprint density at radius 1 is 1.35 bits per heavy atom. The third-order valence-corrected chi connectivity index (χ3v) is 4.94. The van der Waals surface area contributed by atoms with Gasteiger partial charge < -0.3 is 0 Å². The van der Waals surface area contributed by atoms with Crippen molar-refractivity contribution in [2.75, 3.05) is 0 Å². The maximum atomic E-state index is 5.64. The van der Waals surface area contributed by atoms with Crippen LogP contribution in [0.5, 0.6) is 0 Å². The Morgan fingerprint density at radius 3 is 2.59 bits per heavy atom. The highest BCUT2D eigenvalue weighted by atomic mass is 127. The van der Waals surface area contributed by atoms with Crippen LogP contribution in [0.3, 0.4) is 0 Å². The summed E-state index contributed by atoms with van der Waals surface area (Å²) in [7, 11) is 0. The van der Waals surface area contributed by atoms with Crippen molar-refractivity contribution in [3.8, 4) is 0 Å². The molecule has 1 aromatic heterocycles. The molecule has 1 aromatic carbocycles. The first kappa shape index (κ1) is 13.5. The summed E-state index contributed by atoms with van der Waals surface area (Å²) in [6.07, 6.45) is 0.910. The van der Waals surface area contributed by atoms with E-state index in [0.29, 0.717) is 0 Å². The topological polar surface area (TPSA) is 38.0 Å². The maximum Gasteiger partial charge on any atom is 0.0508 e. The highest BCUT2D eigenvalue weighted by Gasteiger charge is 2.11. The Hall–Kier alpha value is 0.0500. The van der Waals surface area contributed by atoms with Gasteiger partial charge in [0.2, 0.25) is 0 Å². The molecule has 90 valence electrons. The lowest BCUT2D eigenvalue weighted by Gasteiger charge is -2.15. The highest BCUT2D eigenvalue weighted by molar-refractivity contribution is 14.1. The van der Waals surface area contributed by atoms with Gasteiger partial charge in [-0.25, -0.2) is 0 Å². The molecule has 0 aliphatic carbocycles. The molecule has 0 spiro atoms. The molecule has 0 aliphatic rings. The second-order valence-corrected chi connectivity index (χ2v) is 6.86. The van der Waals surface area contributed by atoms with E-state index in [0.717, 1.165) is 10.9 Å². The molecule has 0 amide bonds. The number of halogens is 2. The van der Waals surface area contributed by atoms with Gasteiger partial charge in [-0.05, 0) is 62.3 Å². The molecule has 0 saturated heterocycles. The molecule has 1 heterocycles. The van der Waals surface area contributed by atoms with Crippen LogP contribution in [0.4, 0.5) is 0 Å². The Morgan fingerprint density at radius 2 is 2.06 bits per heavy atom. The molecule has 17 heavy (non-hydrogen) atoms. The number of nitrogens with two attached hydrogens (primary N) is 1. The molecule has 2 aromatic rings. The van der Waals surface area contributed by atoms with Gasteiger partial charge in [-0.15, -0.1) is 11.3 Å². The monoisotopic (exact) mass is 422 g/mol. The molecular weight excluding hydrogens is 411 g/mol. The summed E-state index contributed by atoms with van der Waals surface area (Å²) in [5.41, 5.74) is 4.10. The zero-order chi connectivity index (χ0) is 12.3. The lowest BCUT2D eigenvalue weighted by molar-refractivity contribution is 0.555. The van der Waals surface area contributed by atoms with Gasteiger partial charge in [-0.1, -0.05) is 12.1 Å². The molecule has 1 atom stereocenters. The van der Waals surface area contributed by atoms with E-state index in [9.17, 15) is 0 Å². The van der Waals surface area contributed by atoms with Crippen molar-refractivity contribution in [1.82, 2.24) is 5.43 Å². The zero-order valence-corrected chi connectivity index (χ0v) is 13.6. The van der Waals surface area contributed by atoms with E-state index in [4.69, 9.17) is 5.84 Å². The number of hydrogen-bond donors (Lipinski definition) is 2. The van der Waals surface area contributed by atoms with Crippen LogP contribution in [-0.4, -0.2) is 0 Å². The second-order valence-electron chi connectivity index (χ2n) is 3.71. The van der Waals surface area contributed by atoms with Crippen LogP contribution in [-0.2, 0) is 6.42 Å². The van der Waals surface area contributed by atoms with Gasteiger partial charge in [-0.3, -0.25) is 11.3 Å². The first-order valence-corrected chi connectivity index (χ1v) is 7.88. The summed E-state index contributed by atoms with van der Waals surface area (Å²) in [6.45, 7) is 0. The molecule has 2 nitrogen and oxygen atoms in total. The Labute approximate surface area is 127 Å². The molecule has 0 saturated carbocycles. The van der Waals surface area contributed by atoms with Gasteiger partial charge in [0, 0.05) is 24.7 Å². The second kappa shape index (κ2) is 6.29. The van der Waals surface area contributed by atoms with Crippen LogP contribution >= 0.6 is 49.9 Å². The van der Waals surface area contributed by atoms with Crippen molar-refractivity contribution >= 4 is 49.9 Å². The number of rotatable bonds is 4. The first-order valence-electron chi connectivity index (χ1n) is 5.13. The number of thiophene rings is 1. The van der Waals surface area contributed by atoms with Crippen LogP contribution in [0.2, 0.25) is 0 Å². The van der Waals surface area contributed by atoms with E-state index in [1.165, 1.54) is 14.0 Å². The average molecular weight is 423 g/mol. The summed E-state index contributed by atoms with van der Waals surface area (Å²) in [4.78, 5) is 1.32. The zero-order valence-electron chi connectivity index (χ0n) is 8.99. The smallest absolute Gasteiger partial charge is 0.0508 e. The van der Waals surface area contributed by atoms with Gasteiger partial charge in [0.05, 0.1) is 6.04 Å². The van der Waals surface area contributed by atoms with Crippen LogP contribution in [0, 0.1) is 3.57 Å². The summed E-state index contributed by atoms with van der Waals surface area (Å²) < 4.78 is 2.37. The summed E-state index contributed by atoms with van der Waals surface area (Å²) >= 11 is 7.52. The van der Waals surface area contributed by atoms with Crippen LogP contribution in [0.25, 0.3) is 0 Å². The summed E-state index contributed by atoms with van der Waals surface area (Å²) in [6, 6.07) is 10.7. The van der Waals surface area contributed by atoms with Crippen LogP contribution < -0.4 is 11.3 Å². The molecule has 1 unspecified atom stereocenters. The average Bonchev–Trinajstić information content (AvgIpc) is 2.73. The SMILES string of the molecule is NNC(Cc1cc(Br)cs1)c1ccc(I)cc1. The van der Waals surface area contributed by atoms with Crippen molar-refractivity contribution in [3.63, 3.8) is 0 Å². The quantitative estimate of drug-likeness (QED) is 0.446. The van der Waals surface area contributed by atoms with Crippen molar-refractivity contribution in [1.29, 1.82) is 0 Å². The van der Waals surface area contributed by atoms with Gasteiger partial charge in [0.25, 0.3) is 0 Å². The van der Waals surface area contributed by atoms with Crippen LogP contribution in [0.1, 0.15) is 16.5 Å². The van der Waals surface area contributed by atoms with Gasteiger partial charge in [0.1, 0.15) is 0 Å². The van der Waals surface area contributed by atoms with E-state index in [2.05, 4.69) is 79.7 Å². The number of hydrogen-bond acceptors (Lipinski definition) is 3. The molecule has 0 fully saturated rings. The van der Waals surface area contributed by atoms with E-state index in [1.807, 2.05) is 0 Å². The Bertz CT molecular complexity index is 484. The number of benzene rings is 1.